The number of carbonyl (C=O) groups excluding carboxylic acids is 1. The van der Waals surface area contributed by atoms with Crippen molar-refractivity contribution in [2.45, 2.75) is 6.42 Å². The number of amides is 1. The lowest BCUT2D eigenvalue weighted by atomic mass is 10.2. The van der Waals surface area contributed by atoms with Crippen LogP contribution in [-0.2, 0) is 4.79 Å². The molecule has 0 unspecified atom stereocenters. The minimum absolute atomic E-state index is 0.171. The molecule has 0 radical (unpaired) electrons. The molecule has 0 fully saturated rings. The zero-order chi connectivity index (χ0) is 11.8. The van der Waals surface area contributed by atoms with Crippen LogP contribution < -0.4 is 5.32 Å². The van der Waals surface area contributed by atoms with Crippen molar-refractivity contribution in [3.8, 4) is 12.3 Å². The summed E-state index contributed by atoms with van der Waals surface area (Å²) in [5.41, 5.74) is 0.816. The van der Waals surface area contributed by atoms with Crippen molar-refractivity contribution in [2.24, 2.45) is 0 Å². The van der Waals surface area contributed by atoms with E-state index in [0.717, 1.165) is 5.56 Å². The van der Waals surface area contributed by atoms with Gasteiger partial charge >= 0.3 is 0 Å². The van der Waals surface area contributed by atoms with Gasteiger partial charge in [0.2, 0.25) is 5.91 Å². The number of rotatable bonds is 4. The van der Waals surface area contributed by atoms with E-state index in [9.17, 15) is 4.79 Å². The highest BCUT2D eigenvalue weighted by Gasteiger charge is 1.96. The largest absolute Gasteiger partial charge is 0.352 e. The average Bonchev–Trinajstić information content (AvgIpc) is 2.28. The third-order valence-corrected chi connectivity index (χ3v) is 2.23. The minimum atomic E-state index is -0.171. The first-order valence-electron chi connectivity index (χ1n) is 4.88. The zero-order valence-electron chi connectivity index (χ0n) is 8.74. The maximum atomic E-state index is 11.3. The van der Waals surface area contributed by atoms with Crippen LogP contribution in [0.1, 0.15) is 12.0 Å². The number of hydrogen-bond acceptors (Lipinski definition) is 1. The van der Waals surface area contributed by atoms with Crippen LogP contribution in [0.25, 0.3) is 6.08 Å². The molecule has 1 amide bonds. The highest BCUT2D eigenvalue weighted by Crippen LogP contribution is 2.15. The molecule has 1 aromatic rings. The van der Waals surface area contributed by atoms with Gasteiger partial charge in [-0.05, 0) is 17.7 Å². The van der Waals surface area contributed by atoms with Gasteiger partial charge in [0.05, 0.1) is 0 Å². The summed E-state index contributed by atoms with van der Waals surface area (Å²) in [6, 6.07) is 7.32. The summed E-state index contributed by atoms with van der Waals surface area (Å²) in [7, 11) is 0. The summed E-state index contributed by atoms with van der Waals surface area (Å²) in [6.07, 6.45) is 8.71. The molecule has 1 N–H and O–H groups in total. The molecule has 0 saturated heterocycles. The van der Waals surface area contributed by atoms with Crippen LogP contribution in [0.2, 0.25) is 5.02 Å². The van der Waals surface area contributed by atoms with Crippen molar-refractivity contribution in [3.63, 3.8) is 0 Å². The maximum absolute atomic E-state index is 11.3. The molecule has 0 aliphatic carbocycles. The molecule has 0 heterocycles. The fraction of sp³-hybridized carbons (Fsp3) is 0.154. The second-order valence-electron chi connectivity index (χ2n) is 3.10. The molecule has 16 heavy (non-hydrogen) atoms. The van der Waals surface area contributed by atoms with E-state index in [4.69, 9.17) is 18.0 Å². The molecular weight excluding hydrogens is 222 g/mol. The quantitative estimate of drug-likeness (QED) is 0.483. The molecule has 0 aliphatic rings. The lowest BCUT2D eigenvalue weighted by Crippen LogP contribution is -2.21. The SMILES string of the molecule is C#CCCNC(=O)/C=C/c1ccccc1Cl. The van der Waals surface area contributed by atoms with Gasteiger partial charge in [0.1, 0.15) is 0 Å². The Bertz CT molecular complexity index is 432. The van der Waals surface area contributed by atoms with E-state index in [1.807, 2.05) is 18.2 Å². The molecule has 1 rings (SSSR count). The van der Waals surface area contributed by atoms with Crippen molar-refractivity contribution in [2.75, 3.05) is 6.54 Å². The number of nitrogens with one attached hydrogen (secondary N) is 1. The van der Waals surface area contributed by atoms with Gasteiger partial charge in [-0.1, -0.05) is 29.8 Å². The van der Waals surface area contributed by atoms with Crippen LogP contribution in [0.3, 0.4) is 0 Å². The van der Waals surface area contributed by atoms with Crippen LogP contribution in [-0.4, -0.2) is 12.5 Å². The van der Waals surface area contributed by atoms with E-state index in [-0.39, 0.29) is 5.91 Å². The lowest BCUT2D eigenvalue weighted by Gasteiger charge is -1.98. The van der Waals surface area contributed by atoms with Crippen molar-refractivity contribution < 1.29 is 4.79 Å². The minimum Gasteiger partial charge on any atom is -0.352 e. The predicted octanol–water partition coefficient (Wildman–Crippen LogP) is 2.49. The number of halogens is 1. The first-order chi connectivity index (χ1) is 7.74. The molecule has 0 saturated carbocycles. The van der Waals surface area contributed by atoms with E-state index in [1.165, 1.54) is 6.08 Å². The molecule has 0 spiro atoms. The first kappa shape index (κ1) is 12.4. The Hall–Kier alpha value is -1.72. The van der Waals surface area contributed by atoms with Crippen LogP contribution >= 0.6 is 11.6 Å². The standard InChI is InChI=1S/C13H12ClNO/c1-2-3-10-15-13(16)9-8-11-6-4-5-7-12(11)14/h1,4-9H,3,10H2,(H,15,16)/b9-8+. The van der Waals surface area contributed by atoms with E-state index in [2.05, 4.69) is 11.2 Å². The monoisotopic (exact) mass is 233 g/mol. The molecule has 0 aliphatic heterocycles. The third-order valence-electron chi connectivity index (χ3n) is 1.89. The van der Waals surface area contributed by atoms with Crippen molar-refractivity contribution >= 4 is 23.6 Å². The number of carbonyl (C=O) groups is 1. The summed E-state index contributed by atoms with van der Waals surface area (Å²) in [5, 5.41) is 3.28. The van der Waals surface area contributed by atoms with E-state index >= 15 is 0 Å². The second-order valence-corrected chi connectivity index (χ2v) is 3.51. The van der Waals surface area contributed by atoms with Crippen LogP contribution in [0, 0.1) is 12.3 Å². The summed E-state index contributed by atoms with van der Waals surface area (Å²) in [4.78, 5) is 11.3. The molecule has 0 aromatic heterocycles. The third kappa shape index (κ3) is 4.20. The maximum Gasteiger partial charge on any atom is 0.244 e. The highest BCUT2D eigenvalue weighted by molar-refractivity contribution is 6.32. The molecule has 82 valence electrons. The molecule has 3 heteroatoms. The van der Waals surface area contributed by atoms with Gasteiger partial charge < -0.3 is 5.32 Å². The Labute approximate surface area is 100 Å². The zero-order valence-corrected chi connectivity index (χ0v) is 9.50. The first-order valence-corrected chi connectivity index (χ1v) is 5.25. The van der Waals surface area contributed by atoms with Gasteiger partial charge in [0.15, 0.2) is 0 Å². The van der Waals surface area contributed by atoms with Gasteiger partial charge in [0.25, 0.3) is 0 Å². The Morgan fingerprint density at radius 1 is 1.50 bits per heavy atom. The van der Waals surface area contributed by atoms with Gasteiger partial charge in [-0.2, -0.15) is 0 Å². The lowest BCUT2D eigenvalue weighted by molar-refractivity contribution is -0.116. The highest BCUT2D eigenvalue weighted by atomic mass is 35.5. The summed E-state index contributed by atoms with van der Waals surface area (Å²) in [5.74, 6) is 2.27. The van der Waals surface area contributed by atoms with Crippen LogP contribution in [0.15, 0.2) is 30.3 Å². The fourth-order valence-electron chi connectivity index (χ4n) is 1.09. The van der Waals surface area contributed by atoms with Crippen LogP contribution in [0.4, 0.5) is 0 Å². The van der Waals surface area contributed by atoms with Gasteiger partial charge in [-0.15, -0.1) is 12.3 Å². The number of hydrogen-bond donors (Lipinski definition) is 1. The van der Waals surface area contributed by atoms with E-state index in [0.29, 0.717) is 18.0 Å². The molecule has 0 atom stereocenters. The predicted molar refractivity (Wildman–Crippen MR) is 66.9 cm³/mol. The van der Waals surface area contributed by atoms with Gasteiger partial charge in [-0.3, -0.25) is 4.79 Å². The van der Waals surface area contributed by atoms with Gasteiger partial charge in [0, 0.05) is 24.1 Å². The smallest absolute Gasteiger partial charge is 0.244 e. The van der Waals surface area contributed by atoms with Crippen molar-refractivity contribution in [1.82, 2.24) is 5.32 Å². The molecule has 0 bridgehead atoms. The summed E-state index contributed by atoms with van der Waals surface area (Å²) < 4.78 is 0. The number of terminal acetylenes is 1. The Balaban J connectivity index is 2.51. The van der Waals surface area contributed by atoms with Crippen LogP contribution in [0.5, 0.6) is 0 Å². The second kappa shape index (κ2) is 6.71. The fourth-order valence-corrected chi connectivity index (χ4v) is 1.29. The van der Waals surface area contributed by atoms with Crippen molar-refractivity contribution in [3.05, 3.63) is 40.9 Å². The Kier molecular flexibility index (Phi) is 5.18. The topological polar surface area (TPSA) is 29.1 Å². The van der Waals surface area contributed by atoms with E-state index in [1.54, 1.807) is 12.1 Å². The Morgan fingerprint density at radius 2 is 2.25 bits per heavy atom. The normalized spacial score (nSPS) is 10.0. The van der Waals surface area contributed by atoms with E-state index < -0.39 is 0 Å². The Morgan fingerprint density at radius 3 is 2.94 bits per heavy atom. The molecular formula is C13H12ClNO. The summed E-state index contributed by atoms with van der Waals surface area (Å²) in [6.45, 7) is 0.488. The van der Waals surface area contributed by atoms with Crippen molar-refractivity contribution in [1.29, 1.82) is 0 Å². The van der Waals surface area contributed by atoms with Gasteiger partial charge in [-0.25, -0.2) is 0 Å². The number of benzene rings is 1. The summed E-state index contributed by atoms with van der Waals surface area (Å²) >= 11 is 5.93. The molecule has 2 nitrogen and oxygen atoms in total. The average molecular weight is 234 g/mol. The molecule has 1 aromatic carbocycles.